The van der Waals surface area contributed by atoms with Gasteiger partial charge in [-0.2, -0.15) is 0 Å². The SMILES string of the molecule is CC(NC(=O)CC1CCC1)C(N)=S. The highest BCUT2D eigenvalue weighted by Gasteiger charge is 2.21. The second-order valence-corrected chi connectivity index (χ2v) is 4.16. The number of hydrogen-bond donors (Lipinski definition) is 2. The highest BCUT2D eigenvalue weighted by atomic mass is 32.1. The third-order valence-electron chi connectivity index (χ3n) is 2.50. The first-order valence-corrected chi connectivity index (χ1v) is 5.09. The maximum absolute atomic E-state index is 11.3. The summed E-state index contributed by atoms with van der Waals surface area (Å²) in [5.41, 5.74) is 5.38. The van der Waals surface area contributed by atoms with E-state index in [1.165, 1.54) is 19.3 Å². The van der Waals surface area contributed by atoms with Gasteiger partial charge in [-0.15, -0.1) is 0 Å². The van der Waals surface area contributed by atoms with Crippen LogP contribution in [0.15, 0.2) is 0 Å². The molecule has 1 aliphatic carbocycles. The van der Waals surface area contributed by atoms with Crippen LogP contribution in [0.5, 0.6) is 0 Å². The molecular formula is C9H16N2OS. The summed E-state index contributed by atoms with van der Waals surface area (Å²) in [7, 11) is 0. The van der Waals surface area contributed by atoms with Crippen LogP contribution >= 0.6 is 12.2 Å². The maximum Gasteiger partial charge on any atom is 0.220 e. The molecule has 0 aliphatic heterocycles. The van der Waals surface area contributed by atoms with E-state index >= 15 is 0 Å². The molecule has 0 radical (unpaired) electrons. The smallest absolute Gasteiger partial charge is 0.220 e. The predicted molar refractivity (Wildman–Crippen MR) is 56.3 cm³/mol. The zero-order valence-corrected chi connectivity index (χ0v) is 8.69. The molecule has 4 heteroatoms. The minimum Gasteiger partial charge on any atom is -0.392 e. The number of carbonyl (C=O) groups is 1. The summed E-state index contributed by atoms with van der Waals surface area (Å²) in [5, 5.41) is 2.77. The zero-order valence-electron chi connectivity index (χ0n) is 7.88. The number of nitrogens with one attached hydrogen (secondary N) is 1. The largest absolute Gasteiger partial charge is 0.392 e. The van der Waals surface area contributed by atoms with Crippen molar-refractivity contribution in [2.75, 3.05) is 0 Å². The number of nitrogens with two attached hydrogens (primary N) is 1. The van der Waals surface area contributed by atoms with Gasteiger partial charge in [0.2, 0.25) is 5.91 Å². The molecule has 0 aromatic rings. The summed E-state index contributed by atoms with van der Waals surface area (Å²) in [6.45, 7) is 1.81. The highest BCUT2D eigenvalue weighted by molar-refractivity contribution is 7.80. The number of amides is 1. The van der Waals surface area contributed by atoms with Crippen molar-refractivity contribution in [1.82, 2.24) is 5.32 Å². The van der Waals surface area contributed by atoms with Crippen molar-refractivity contribution in [2.45, 2.75) is 38.6 Å². The first-order valence-electron chi connectivity index (χ1n) is 4.68. The molecule has 1 atom stereocenters. The van der Waals surface area contributed by atoms with E-state index in [0.717, 1.165) is 0 Å². The molecule has 0 heterocycles. The molecule has 1 saturated carbocycles. The van der Waals surface area contributed by atoms with Gasteiger partial charge in [-0.3, -0.25) is 4.79 Å². The second kappa shape index (κ2) is 4.56. The Bertz CT molecular complexity index is 214. The lowest BCUT2D eigenvalue weighted by Gasteiger charge is -2.25. The molecule has 0 spiro atoms. The molecule has 13 heavy (non-hydrogen) atoms. The van der Waals surface area contributed by atoms with Crippen LogP contribution in [0.2, 0.25) is 0 Å². The van der Waals surface area contributed by atoms with Crippen molar-refractivity contribution in [3.8, 4) is 0 Å². The van der Waals surface area contributed by atoms with E-state index in [4.69, 9.17) is 18.0 Å². The summed E-state index contributed by atoms with van der Waals surface area (Å²) in [6.07, 6.45) is 4.28. The van der Waals surface area contributed by atoms with Crippen LogP contribution in [-0.4, -0.2) is 16.9 Å². The Kier molecular flexibility index (Phi) is 3.66. The van der Waals surface area contributed by atoms with Gasteiger partial charge in [0.25, 0.3) is 0 Å². The van der Waals surface area contributed by atoms with Crippen LogP contribution in [0.25, 0.3) is 0 Å². The molecule has 74 valence electrons. The Labute approximate surface area is 84.1 Å². The van der Waals surface area contributed by atoms with Crippen LogP contribution in [0.4, 0.5) is 0 Å². The van der Waals surface area contributed by atoms with E-state index in [1.54, 1.807) is 6.92 Å². The standard InChI is InChI=1S/C9H16N2OS/c1-6(9(10)13)11-8(12)5-7-3-2-4-7/h6-7H,2-5H2,1H3,(H2,10,13)(H,11,12). The van der Waals surface area contributed by atoms with Crippen LogP contribution in [0, 0.1) is 5.92 Å². The topological polar surface area (TPSA) is 55.1 Å². The van der Waals surface area contributed by atoms with Gasteiger partial charge in [-0.1, -0.05) is 18.6 Å². The average Bonchev–Trinajstić information content (AvgIpc) is 1.96. The zero-order chi connectivity index (χ0) is 9.84. The van der Waals surface area contributed by atoms with Crippen molar-refractivity contribution in [1.29, 1.82) is 0 Å². The monoisotopic (exact) mass is 200 g/mol. The van der Waals surface area contributed by atoms with Crippen LogP contribution in [-0.2, 0) is 4.79 Å². The van der Waals surface area contributed by atoms with Gasteiger partial charge < -0.3 is 11.1 Å². The third kappa shape index (κ3) is 3.30. The molecule has 0 bridgehead atoms. The summed E-state index contributed by atoms with van der Waals surface area (Å²) in [5.74, 6) is 0.670. The van der Waals surface area contributed by atoms with E-state index in [-0.39, 0.29) is 11.9 Å². The van der Waals surface area contributed by atoms with Crippen LogP contribution in [0.1, 0.15) is 32.6 Å². The molecule has 1 fully saturated rings. The van der Waals surface area contributed by atoms with Gasteiger partial charge in [0.1, 0.15) is 0 Å². The molecule has 0 aromatic carbocycles. The molecule has 1 rings (SSSR count). The minimum absolute atomic E-state index is 0.0741. The molecule has 3 nitrogen and oxygen atoms in total. The van der Waals surface area contributed by atoms with Crippen molar-refractivity contribution < 1.29 is 4.79 Å². The van der Waals surface area contributed by atoms with E-state index < -0.39 is 0 Å². The number of hydrogen-bond acceptors (Lipinski definition) is 2. The third-order valence-corrected chi connectivity index (χ3v) is 2.86. The number of thiocarbonyl (C=S) groups is 1. The van der Waals surface area contributed by atoms with Gasteiger partial charge >= 0.3 is 0 Å². The summed E-state index contributed by atoms with van der Waals surface area (Å²) < 4.78 is 0. The Morgan fingerprint density at radius 1 is 1.69 bits per heavy atom. The molecule has 1 amide bonds. The Hall–Kier alpha value is -0.640. The van der Waals surface area contributed by atoms with E-state index in [0.29, 0.717) is 17.3 Å². The Morgan fingerprint density at radius 2 is 2.31 bits per heavy atom. The molecular weight excluding hydrogens is 184 g/mol. The fourth-order valence-electron chi connectivity index (χ4n) is 1.33. The summed E-state index contributed by atoms with van der Waals surface area (Å²) >= 11 is 4.76. The van der Waals surface area contributed by atoms with Gasteiger partial charge in [0.05, 0.1) is 11.0 Å². The van der Waals surface area contributed by atoms with Crippen LogP contribution < -0.4 is 11.1 Å². The summed E-state index contributed by atoms with van der Waals surface area (Å²) in [6, 6.07) is -0.178. The minimum atomic E-state index is -0.178. The highest BCUT2D eigenvalue weighted by Crippen LogP contribution is 2.29. The molecule has 0 saturated heterocycles. The van der Waals surface area contributed by atoms with E-state index in [1.807, 2.05) is 0 Å². The van der Waals surface area contributed by atoms with Crippen molar-refractivity contribution in [2.24, 2.45) is 11.7 Å². The molecule has 1 unspecified atom stereocenters. The lowest BCUT2D eigenvalue weighted by atomic mass is 9.83. The van der Waals surface area contributed by atoms with Gasteiger partial charge in [0, 0.05) is 6.42 Å². The molecule has 0 aromatic heterocycles. The Balaban J connectivity index is 2.19. The van der Waals surface area contributed by atoms with Gasteiger partial charge in [-0.25, -0.2) is 0 Å². The summed E-state index contributed by atoms with van der Waals surface area (Å²) in [4.78, 5) is 11.7. The quantitative estimate of drug-likeness (QED) is 0.665. The number of rotatable bonds is 4. The molecule has 1 aliphatic rings. The predicted octanol–water partition coefficient (Wildman–Crippen LogP) is 0.967. The fourth-order valence-corrected chi connectivity index (χ4v) is 1.39. The van der Waals surface area contributed by atoms with Crippen molar-refractivity contribution in [3.63, 3.8) is 0 Å². The number of carbonyl (C=O) groups excluding carboxylic acids is 1. The normalized spacial score (nSPS) is 18.8. The molecule has 3 N–H and O–H groups in total. The van der Waals surface area contributed by atoms with E-state index in [2.05, 4.69) is 5.32 Å². The van der Waals surface area contributed by atoms with Gasteiger partial charge in [-0.05, 0) is 25.7 Å². The van der Waals surface area contributed by atoms with E-state index in [9.17, 15) is 4.79 Å². The lowest BCUT2D eigenvalue weighted by Crippen LogP contribution is -2.42. The van der Waals surface area contributed by atoms with Crippen LogP contribution in [0.3, 0.4) is 0 Å². The van der Waals surface area contributed by atoms with Crippen molar-refractivity contribution >= 4 is 23.1 Å². The second-order valence-electron chi connectivity index (χ2n) is 3.69. The van der Waals surface area contributed by atoms with Crippen molar-refractivity contribution in [3.05, 3.63) is 0 Å². The first kappa shape index (κ1) is 10.4. The Morgan fingerprint density at radius 3 is 2.69 bits per heavy atom. The maximum atomic E-state index is 11.3. The fraction of sp³-hybridized carbons (Fsp3) is 0.778. The first-order chi connectivity index (χ1) is 6.09. The lowest BCUT2D eigenvalue weighted by molar-refractivity contribution is -0.122. The van der Waals surface area contributed by atoms with Gasteiger partial charge in [0.15, 0.2) is 0 Å². The average molecular weight is 200 g/mol.